The standard InChI is InChI=1S/C16H12FN3O/c17-12-7-1-2-8-13(12)19-16(21)20-14-9-3-5-11-6-4-10-18-15(11)14/h1-10H,(H2,19,20,21). The Labute approximate surface area is 120 Å². The van der Waals surface area contributed by atoms with Crippen molar-refractivity contribution < 1.29 is 9.18 Å². The molecule has 3 rings (SSSR count). The number of para-hydroxylation sites is 2. The summed E-state index contributed by atoms with van der Waals surface area (Å²) in [4.78, 5) is 16.2. The summed E-state index contributed by atoms with van der Waals surface area (Å²) in [7, 11) is 0. The number of hydrogen-bond donors (Lipinski definition) is 2. The fourth-order valence-corrected chi connectivity index (χ4v) is 2.04. The Morgan fingerprint density at radius 2 is 1.62 bits per heavy atom. The molecule has 0 atom stereocenters. The molecule has 0 saturated heterocycles. The van der Waals surface area contributed by atoms with Crippen molar-refractivity contribution in [1.29, 1.82) is 0 Å². The predicted molar refractivity (Wildman–Crippen MR) is 80.8 cm³/mol. The van der Waals surface area contributed by atoms with Crippen LogP contribution in [-0.2, 0) is 0 Å². The van der Waals surface area contributed by atoms with E-state index in [0.717, 1.165) is 5.39 Å². The number of halogens is 1. The average Bonchev–Trinajstić information content (AvgIpc) is 2.50. The van der Waals surface area contributed by atoms with Crippen molar-refractivity contribution in [3.8, 4) is 0 Å². The fourth-order valence-electron chi connectivity index (χ4n) is 2.04. The molecule has 0 aliphatic carbocycles. The van der Waals surface area contributed by atoms with Gasteiger partial charge in [-0.15, -0.1) is 0 Å². The molecule has 1 heterocycles. The number of anilines is 2. The summed E-state index contributed by atoms with van der Waals surface area (Å²) in [6.07, 6.45) is 1.66. The molecular weight excluding hydrogens is 269 g/mol. The van der Waals surface area contributed by atoms with E-state index >= 15 is 0 Å². The van der Waals surface area contributed by atoms with Crippen LogP contribution < -0.4 is 10.6 Å². The maximum absolute atomic E-state index is 13.5. The van der Waals surface area contributed by atoms with Gasteiger partial charge < -0.3 is 10.6 Å². The van der Waals surface area contributed by atoms with Gasteiger partial charge in [0.1, 0.15) is 5.82 Å². The van der Waals surface area contributed by atoms with Crippen molar-refractivity contribution in [3.05, 3.63) is 66.6 Å². The van der Waals surface area contributed by atoms with Crippen LogP contribution in [0.15, 0.2) is 60.8 Å². The number of urea groups is 1. The van der Waals surface area contributed by atoms with Crippen molar-refractivity contribution >= 4 is 28.3 Å². The quantitative estimate of drug-likeness (QED) is 0.745. The minimum absolute atomic E-state index is 0.128. The monoisotopic (exact) mass is 281 g/mol. The lowest BCUT2D eigenvalue weighted by molar-refractivity contribution is 0.262. The normalized spacial score (nSPS) is 10.3. The van der Waals surface area contributed by atoms with Crippen molar-refractivity contribution in [1.82, 2.24) is 4.98 Å². The Hall–Kier alpha value is -2.95. The van der Waals surface area contributed by atoms with Crippen LogP contribution in [0.5, 0.6) is 0 Å². The highest BCUT2D eigenvalue weighted by atomic mass is 19.1. The van der Waals surface area contributed by atoms with Gasteiger partial charge in [-0.2, -0.15) is 0 Å². The Morgan fingerprint density at radius 3 is 2.48 bits per heavy atom. The zero-order valence-corrected chi connectivity index (χ0v) is 11.0. The van der Waals surface area contributed by atoms with E-state index in [1.807, 2.05) is 24.3 Å². The number of nitrogens with zero attached hydrogens (tertiary/aromatic N) is 1. The third kappa shape index (κ3) is 2.81. The number of aromatic nitrogens is 1. The molecular formula is C16H12FN3O. The third-order valence-corrected chi connectivity index (χ3v) is 3.00. The molecule has 21 heavy (non-hydrogen) atoms. The molecule has 2 amide bonds. The first-order chi connectivity index (χ1) is 10.2. The number of fused-ring (bicyclic) bond motifs is 1. The van der Waals surface area contributed by atoms with Gasteiger partial charge >= 0.3 is 6.03 Å². The molecule has 5 heteroatoms. The Kier molecular flexibility index (Phi) is 3.47. The van der Waals surface area contributed by atoms with E-state index < -0.39 is 11.8 Å². The highest BCUT2D eigenvalue weighted by Crippen LogP contribution is 2.21. The van der Waals surface area contributed by atoms with Gasteiger partial charge in [0.15, 0.2) is 0 Å². The maximum Gasteiger partial charge on any atom is 0.323 e. The van der Waals surface area contributed by atoms with E-state index in [2.05, 4.69) is 15.6 Å². The van der Waals surface area contributed by atoms with E-state index in [9.17, 15) is 9.18 Å². The fraction of sp³-hybridized carbons (Fsp3) is 0. The van der Waals surface area contributed by atoms with Crippen LogP contribution in [0, 0.1) is 5.82 Å². The lowest BCUT2D eigenvalue weighted by Crippen LogP contribution is -2.20. The molecule has 1 aromatic heterocycles. The molecule has 104 valence electrons. The molecule has 0 fully saturated rings. The molecule has 0 unspecified atom stereocenters. The zero-order chi connectivity index (χ0) is 14.7. The Bertz CT molecular complexity index is 799. The molecule has 2 aromatic carbocycles. The summed E-state index contributed by atoms with van der Waals surface area (Å²) in [5.74, 6) is -0.483. The minimum atomic E-state index is -0.516. The largest absolute Gasteiger partial charge is 0.323 e. The highest BCUT2D eigenvalue weighted by Gasteiger charge is 2.08. The Morgan fingerprint density at radius 1 is 0.905 bits per heavy atom. The number of hydrogen-bond acceptors (Lipinski definition) is 2. The average molecular weight is 281 g/mol. The molecule has 2 N–H and O–H groups in total. The van der Waals surface area contributed by atoms with Crippen molar-refractivity contribution in [2.24, 2.45) is 0 Å². The van der Waals surface area contributed by atoms with Crippen LogP contribution in [0.4, 0.5) is 20.6 Å². The SMILES string of the molecule is O=C(Nc1ccccc1F)Nc1cccc2cccnc12. The highest BCUT2D eigenvalue weighted by molar-refractivity contribution is 6.05. The van der Waals surface area contributed by atoms with Gasteiger partial charge in [-0.25, -0.2) is 9.18 Å². The van der Waals surface area contributed by atoms with E-state index in [1.165, 1.54) is 12.1 Å². The zero-order valence-electron chi connectivity index (χ0n) is 11.0. The number of amides is 2. The van der Waals surface area contributed by atoms with Crippen LogP contribution in [-0.4, -0.2) is 11.0 Å². The third-order valence-electron chi connectivity index (χ3n) is 3.00. The summed E-state index contributed by atoms with van der Waals surface area (Å²) in [6, 6.07) is 14.7. The second kappa shape index (κ2) is 5.58. The molecule has 0 spiro atoms. The van der Waals surface area contributed by atoms with Gasteiger partial charge in [0, 0.05) is 11.6 Å². The van der Waals surface area contributed by atoms with Crippen LogP contribution in [0.1, 0.15) is 0 Å². The van der Waals surface area contributed by atoms with Crippen molar-refractivity contribution in [3.63, 3.8) is 0 Å². The van der Waals surface area contributed by atoms with Crippen molar-refractivity contribution in [2.75, 3.05) is 10.6 Å². The summed E-state index contributed by atoms with van der Waals surface area (Å²) in [5, 5.41) is 6.07. The van der Waals surface area contributed by atoms with Gasteiger partial charge in [0.2, 0.25) is 0 Å². The predicted octanol–water partition coefficient (Wildman–Crippen LogP) is 4.02. The molecule has 0 aliphatic heterocycles. The van der Waals surface area contributed by atoms with Gasteiger partial charge in [-0.3, -0.25) is 4.98 Å². The first-order valence-corrected chi connectivity index (χ1v) is 6.40. The maximum atomic E-state index is 13.5. The molecule has 0 aliphatic rings. The number of carbonyl (C=O) groups excluding carboxylic acids is 1. The number of pyridine rings is 1. The molecule has 0 bridgehead atoms. The van der Waals surface area contributed by atoms with Gasteiger partial charge in [-0.05, 0) is 24.3 Å². The number of nitrogens with one attached hydrogen (secondary N) is 2. The Balaban J connectivity index is 1.82. The van der Waals surface area contributed by atoms with Crippen LogP contribution in [0.3, 0.4) is 0 Å². The lowest BCUT2D eigenvalue weighted by atomic mass is 10.2. The number of benzene rings is 2. The first kappa shape index (κ1) is 13.1. The topological polar surface area (TPSA) is 54.0 Å². The summed E-state index contributed by atoms with van der Waals surface area (Å²) in [5.41, 5.74) is 1.38. The first-order valence-electron chi connectivity index (χ1n) is 6.40. The summed E-state index contributed by atoms with van der Waals surface area (Å²) < 4.78 is 13.5. The van der Waals surface area contributed by atoms with E-state index in [1.54, 1.807) is 24.4 Å². The number of carbonyl (C=O) groups is 1. The smallest absolute Gasteiger partial charge is 0.306 e. The van der Waals surface area contributed by atoms with Crippen LogP contribution in [0.2, 0.25) is 0 Å². The summed E-state index contributed by atoms with van der Waals surface area (Å²) >= 11 is 0. The minimum Gasteiger partial charge on any atom is -0.306 e. The second-order valence-electron chi connectivity index (χ2n) is 4.44. The lowest BCUT2D eigenvalue weighted by Gasteiger charge is -2.09. The van der Waals surface area contributed by atoms with E-state index in [-0.39, 0.29) is 5.69 Å². The molecule has 0 saturated carbocycles. The number of rotatable bonds is 2. The van der Waals surface area contributed by atoms with Crippen LogP contribution in [0.25, 0.3) is 10.9 Å². The second-order valence-corrected chi connectivity index (χ2v) is 4.44. The van der Waals surface area contributed by atoms with Gasteiger partial charge in [-0.1, -0.05) is 30.3 Å². The molecule has 4 nitrogen and oxygen atoms in total. The van der Waals surface area contributed by atoms with Gasteiger partial charge in [0.05, 0.1) is 16.9 Å². The van der Waals surface area contributed by atoms with Crippen molar-refractivity contribution in [2.45, 2.75) is 0 Å². The van der Waals surface area contributed by atoms with E-state index in [0.29, 0.717) is 11.2 Å². The molecule has 3 aromatic rings. The summed E-state index contributed by atoms with van der Waals surface area (Å²) in [6.45, 7) is 0. The molecule has 0 radical (unpaired) electrons. The van der Waals surface area contributed by atoms with E-state index in [4.69, 9.17) is 0 Å². The van der Waals surface area contributed by atoms with Crippen LogP contribution >= 0.6 is 0 Å². The van der Waals surface area contributed by atoms with Gasteiger partial charge in [0.25, 0.3) is 0 Å².